The zero-order chi connectivity index (χ0) is 35.0. The Morgan fingerprint density at radius 3 is 2.02 bits per heavy atom. The lowest BCUT2D eigenvalue weighted by atomic mass is 9.89. The van der Waals surface area contributed by atoms with Crippen molar-refractivity contribution in [3.05, 3.63) is 107 Å². The molecule has 0 radical (unpaired) electrons. The average molecular weight is 658 g/mol. The number of nitrogens with one attached hydrogen (secondary N) is 2. The first-order valence-corrected chi connectivity index (χ1v) is 14.7. The van der Waals surface area contributed by atoms with E-state index in [1.165, 1.54) is 17.0 Å². The Morgan fingerprint density at radius 2 is 1.46 bits per heavy atom. The van der Waals surface area contributed by atoms with Crippen LogP contribution in [-0.4, -0.2) is 74.3 Å². The van der Waals surface area contributed by atoms with E-state index in [0.717, 1.165) is 10.5 Å². The van der Waals surface area contributed by atoms with E-state index in [1.54, 1.807) is 79.7 Å². The SMILES string of the molecule is CC1(c2ccc(CN=C(N)N)cc2)C(=O)N(CC(=O)N[C@@H](CC(=O)O)C(=O)N[C@H](C(=O)O)c2ccccc2)C(=O)N1Cc1ccccc1. The van der Waals surface area contributed by atoms with Gasteiger partial charge >= 0.3 is 18.0 Å². The van der Waals surface area contributed by atoms with E-state index in [0.29, 0.717) is 11.1 Å². The Hall–Kier alpha value is -6.25. The van der Waals surface area contributed by atoms with Crippen LogP contribution in [0.2, 0.25) is 0 Å². The third-order valence-electron chi connectivity index (χ3n) is 7.81. The normalized spacial score (nSPS) is 16.9. The van der Waals surface area contributed by atoms with Crippen molar-refractivity contribution in [3.63, 3.8) is 0 Å². The summed E-state index contributed by atoms with van der Waals surface area (Å²) in [6.45, 7) is 0.909. The second-order valence-corrected chi connectivity index (χ2v) is 11.2. The number of aliphatic imine (C=N–C) groups is 1. The van der Waals surface area contributed by atoms with Gasteiger partial charge in [0.2, 0.25) is 11.8 Å². The molecular formula is C33H35N7O8. The minimum Gasteiger partial charge on any atom is -0.481 e. The summed E-state index contributed by atoms with van der Waals surface area (Å²) >= 11 is 0. The number of benzene rings is 3. The standard InChI is InChI=1S/C33H35N7O8/c1-33(23-14-12-20(13-15-23)17-36-31(34)35)30(47)39(32(48)40(33)18-21-8-4-2-5-9-21)19-25(41)37-24(16-26(42)43)28(44)38-27(29(45)46)22-10-6-3-7-11-22/h2-15,24,27H,16-19H2,1H3,(H,37,41)(H,38,44)(H,42,43)(H,45,46)(H4,34,35,36)/t24-,27-,33?/m0/s1. The molecule has 5 amide bonds. The lowest BCUT2D eigenvalue weighted by Gasteiger charge is -2.32. The van der Waals surface area contributed by atoms with Crippen LogP contribution in [0.5, 0.6) is 0 Å². The van der Waals surface area contributed by atoms with Gasteiger partial charge in [-0.3, -0.25) is 24.1 Å². The summed E-state index contributed by atoms with van der Waals surface area (Å²) in [5.74, 6) is -5.79. The van der Waals surface area contributed by atoms with Crippen molar-refractivity contribution in [3.8, 4) is 0 Å². The fourth-order valence-electron chi connectivity index (χ4n) is 5.27. The Morgan fingerprint density at radius 1 is 0.854 bits per heavy atom. The largest absolute Gasteiger partial charge is 0.481 e. The number of carbonyl (C=O) groups is 6. The number of amides is 5. The third kappa shape index (κ3) is 7.93. The zero-order valence-corrected chi connectivity index (χ0v) is 25.9. The predicted octanol–water partition coefficient (Wildman–Crippen LogP) is 1.04. The van der Waals surface area contributed by atoms with Gasteiger partial charge in [-0.05, 0) is 29.2 Å². The van der Waals surface area contributed by atoms with E-state index < -0.39 is 66.3 Å². The van der Waals surface area contributed by atoms with E-state index in [9.17, 15) is 39.0 Å². The molecule has 15 heteroatoms. The minimum atomic E-state index is -1.72. The summed E-state index contributed by atoms with van der Waals surface area (Å²) in [6.07, 6.45) is -0.898. The van der Waals surface area contributed by atoms with Gasteiger partial charge < -0.3 is 37.2 Å². The maximum absolute atomic E-state index is 14.0. The smallest absolute Gasteiger partial charge is 0.330 e. The highest BCUT2D eigenvalue weighted by molar-refractivity contribution is 6.09. The molecule has 15 nitrogen and oxygen atoms in total. The van der Waals surface area contributed by atoms with E-state index >= 15 is 0 Å². The van der Waals surface area contributed by atoms with Crippen molar-refractivity contribution in [2.75, 3.05) is 6.54 Å². The third-order valence-corrected chi connectivity index (χ3v) is 7.81. The molecule has 1 aliphatic heterocycles. The van der Waals surface area contributed by atoms with Crippen molar-refractivity contribution >= 4 is 41.7 Å². The van der Waals surface area contributed by atoms with Gasteiger partial charge in [0.25, 0.3) is 5.91 Å². The quantitative estimate of drug-likeness (QED) is 0.0818. The molecule has 3 aromatic carbocycles. The maximum atomic E-state index is 14.0. The second kappa shape index (κ2) is 14.9. The van der Waals surface area contributed by atoms with Gasteiger partial charge in [0.15, 0.2) is 12.0 Å². The van der Waals surface area contributed by atoms with Gasteiger partial charge in [-0.15, -0.1) is 0 Å². The lowest BCUT2D eigenvalue weighted by Crippen LogP contribution is -2.52. The molecule has 3 atom stereocenters. The van der Waals surface area contributed by atoms with Crippen LogP contribution >= 0.6 is 0 Å². The first-order chi connectivity index (χ1) is 22.8. The molecule has 0 bridgehead atoms. The number of carbonyl (C=O) groups excluding carboxylic acids is 4. The monoisotopic (exact) mass is 657 g/mol. The molecule has 3 aromatic rings. The van der Waals surface area contributed by atoms with Crippen LogP contribution in [0.1, 0.15) is 41.6 Å². The van der Waals surface area contributed by atoms with Crippen LogP contribution in [0.3, 0.4) is 0 Å². The van der Waals surface area contributed by atoms with Crippen LogP contribution in [0.25, 0.3) is 0 Å². The second-order valence-electron chi connectivity index (χ2n) is 11.2. The van der Waals surface area contributed by atoms with Crippen molar-refractivity contribution in [1.82, 2.24) is 20.4 Å². The number of carboxylic acid groups (broad SMARTS) is 2. The molecular weight excluding hydrogens is 622 g/mol. The van der Waals surface area contributed by atoms with Crippen LogP contribution in [0.15, 0.2) is 89.9 Å². The van der Waals surface area contributed by atoms with Crippen LogP contribution in [0.4, 0.5) is 4.79 Å². The summed E-state index contributed by atoms with van der Waals surface area (Å²) in [5.41, 5.74) is 11.4. The van der Waals surface area contributed by atoms with Crippen LogP contribution in [-0.2, 0) is 42.6 Å². The molecule has 48 heavy (non-hydrogen) atoms. The topological polar surface area (TPSA) is 238 Å². The highest BCUT2D eigenvalue weighted by Crippen LogP contribution is 2.38. The molecule has 1 saturated heterocycles. The summed E-state index contributed by atoms with van der Waals surface area (Å²) in [7, 11) is 0. The van der Waals surface area contributed by atoms with Gasteiger partial charge in [-0.25, -0.2) is 14.6 Å². The fourth-order valence-corrected chi connectivity index (χ4v) is 5.27. The summed E-state index contributed by atoms with van der Waals surface area (Å²) in [6, 6.07) is 19.3. The number of carboxylic acids is 2. The number of aliphatic carboxylic acids is 2. The van der Waals surface area contributed by atoms with E-state index in [-0.39, 0.29) is 24.6 Å². The molecule has 0 spiro atoms. The number of guanidine groups is 1. The van der Waals surface area contributed by atoms with Crippen molar-refractivity contribution < 1.29 is 39.0 Å². The van der Waals surface area contributed by atoms with Crippen molar-refractivity contribution in [1.29, 1.82) is 0 Å². The number of urea groups is 1. The van der Waals surface area contributed by atoms with E-state index in [2.05, 4.69) is 15.6 Å². The van der Waals surface area contributed by atoms with E-state index in [1.807, 2.05) is 0 Å². The lowest BCUT2D eigenvalue weighted by molar-refractivity contribution is -0.144. The molecule has 0 aromatic heterocycles. The van der Waals surface area contributed by atoms with Crippen LogP contribution in [0, 0.1) is 0 Å². The minimum absolute atomic E-state index is 0.00981. The molecule has 8 N–H and O–H groups in total. The summed E-state index contributed by atoms with van der Waals surface area (Å²) < 4.78 is 0. The number of hydrogen-bond acceptors (Lipinski definition) is 7. The van der Waals surface area contributed by atoms with Gasteiger partial charge in [0.1, 0.15) is 18.1 Å². The number of nitrogens with two attached hydrogens (primary N) is 2. The number of hydrogen-bond donors (Lipinski definition) is 6. The molecule has 1 aliphatic rings. The van der Waals surface area contributed by atoms with Gasteiger partial charge in [0, 0.05) is 6.54 Å². The predicted molar refractivity (Wildman–Crippen MR) is 172 cm³/mol. The van der Waals surface area contributed by atoms with E-state index in [4.69, 9.17) is 11.5 Å². The Balaban J connectivity index is 1.58. The van der Waals surface area contributed by atoms with Gasteiger partial charge in [-0.2, -0.15) is 0 Å². The molecule has 250 valence electrons. The Kier molecular flexibility index (Phi) is 10.7. The van der Waals surface area contributed by atoms with Gasteiger partial charge in [0.05, 0.1) is 13.0 Å². The van der Waals surface area contributed by atoms with Crippen LogP contribution < -0.4 is 22.1 Å². The van der Waals surface area contributed by atoms with Gasteiger partial charge in [-0.1, -0.05) is 84.9 Å². The average Bonchev–Trinajstić information content (AvgIpc) is 3.23. The fraction of sp³-hybridized carbons (Fsp3) is 0.242. The maximum Gasteiger partial charge on any atom is 0.330 e. The first-order valence-electron chi connectivity index (χ1n) is 14.7. The van der Waals surface area contributed by atoms with Crippen molar-refractivity contribution in [2.24, 2.45) is 16.5 Å². The zero-order valence-electron chi connectivity index (χ0n) is 25.9. The molecule has 0 saturated carbocycles. The molecule has 1 heterocycles. The Labute approximate surface area is 275 Å². The molecule has 1 unspecified atom stereocenters. The molecule has 1 fully saturated rings. The molecule has 4 rings (SSSR count). The summed E-state index contributed by atoms with van der Waals surface area (Å²) in [5, 5.41) is 23.6. The number of rotatable bonds is 14. The Bertz CT molecular complexity index is 1710. The highest BCUT2D eigenvalue weighted by Gasteiger charge is 2.55. The summed E-state index contributed by atoms with van der Waals surface area (Å²) in [4.78, 5) is 83.7. The van der Waals surface area contributed by atoms with Crippen molar-refractivity contribution in [2.45, 2.75) is 44.1 Å². The molecule has 0 aliphatic carbocycles. The number of imide groups is 1. The highest BCUT2D eigenvalue weighted by atomic mass is 16.4. The first kappa shape index (κ1) is 34.6. The number of nitrogens with zero attached hydrogens (tertiary/aromatic N) is 3.